The van der Waals surface area contributed by atoms with E-state index in [1.165, 1.54) is 12.4 Å². The van der Waals surface area contributed by atoms with Crippen LogP contribution in [0.15, 0.2) is 65.9 Å². The highest BCUT2D eigenvalue weighted by molar-refractivity contribution is 9.10. The Kier molecular flexibility index (Phi) is 4.34. The van der Waals surface area contributed by atoms with Crippen molar-refractivity contribution in [1.82, 2.24) is 4.98 Å². The lowest BCUT2D eigenvalue weighted by molar-refractivity contribution is 0.174. The number of rotatable bonds is 4. The number of nitrogens with one attached hydrogen (secondary N) is 1. The SMILES string of the molecule is C=C(Nc1ccc(-c2cc3c(cc2Br)OCO3)cc1)c1ccncc1F. The number of aromatic nitrogens is 1. The van der Waals surface area contributed by atoms with E-state index in [1.54, 1.807) is 6.07 Å². The Morgan fingerprint density at radius 2 is 1.85 bits per heavy atom. The number of ether oxygens (including phenoxy) is 2. The third-order valence-electron chi connectivity index (χ3n) is 4.05. The molecule has 130 valence electrons. The van der Waals surface area contributed by atoms with Crippen LogP contribution in [0.25, 0.3) is 16.8 Å². The lowest BCUT2D eigenvalue weighted by atomic mass is 10.0. The predicted octanol–water partition coefficient (Wildman–Crippen LogP) is 5.46. The predicted molar refractivity (Wildman–Crippen MR) is 103 cm³/mol. The van der Waals surface area contributed by atoms with Gasteiger partial charge in [0.25, 0.3) is 0 Å². The van der Waals surface area contributed by atoms with Crippen molar-refractivity contribution in [3.8, 4) is 22.6 Å². The molecule has 0 bridgehead atoms. The van der Waals surface area contributed by atoms with Gasteiger partial charge in [-0.05, 0) is 41.5 Å². The van der Waals surface area contributed by atoms with E-state index in [2.05, 4.69) is 32.8 Å². The van der Waals surface area contributed by atoms with E-state index in [0.29, 0.717) is 11.3 Å². The summed E-state index contributed by atoms with van der Waals surface area (Å²) in [7, 11) is 0. The molecule has 1 aliphatic rings. The van der Waals surface area contributed by atoms with E-state index < -0.39 is 5.82 Å². The molecule has 3 aromatic rings. The second-order valence-corrected chi connectivity index (χ2v) is 6.58. The minimum Gasteiger partial charge on any atom is -0.454 e. The minimum atomic E-state index is -0.411. The van der Waals surface area contributed by atoms with Crippen LogP contribution < -0.4 is 14.8 Å². The highest BCUT2D eigenvalue weighted by Crippen LogP contribution is 2.41. The fourth-order valence-corrected chi connectivity index (χ4v) is 3.28. The summed E-state index contributed by atoms with van der Waals surface area (Å²) >= 11 is 3.57. The van der Waals surface area contributed by atoms with Crippen LogP contribution in [0.3, 0.4) is 0 Å². The van der Waals surface area contributed by atoms with Gasteiger partial charge >= 0.3 is 0 Å². The average Bonchev–Trinajstić information content (AvgIpc) is 3.09. The molecule has 2 heterocycles. The van der Waals surface area contributed by atoms with E-state index in [-0.39, 0.29) is 6.79 Å². The van der Waals surface area contributed by atoms with Crippen molar-refractivity contribution in [3.05, 3.63) is 77.3 Å². The lowest BCUT2D eigenvalue weighted by Gasteiger charge is -2.12. The quantitative estimate of drug-likeness (QED) is 0.617. The second kappa shape index (κ2) is 6.80. The van der Waals surface area contributed by atoms with Crippen molar-refractivity contribution in [3.63, 3.8) is 0 Å². The van der Waals surface area contributed by atoms with Crippen LogP contribution in [0.5, 0.6) is 11.5 Å². The van der Waals surface area contributed by atoms with Gasteiger partial charge in [0.1, 0.15) is 0 Å². The molecule has 0 aliphatic carbocycles. The summed E-state index contributed by atoms with van der Waals surface area (Å²) in [5.41, 5.74) is 3.69. The molecule has 6 heteroatoms. The normalized spacial score (nSPS) is 12.1. The molecule has 0 amide bonds. The Morgan fingerprint density at radius 1 is 1.12 bits per heavy atom. The van der Waals surface area contributed by atoms with Gasteiger partial charge in [0.05, 0.1) is 6.20 Å². The van der Waals surface area contributed by atoms with Gasteiger partial charge in [0.15, 0.2) is 17.3 Å². The molecular weight excluding hydrogens is 399 g/mol. The minimum absolute atomic E-state index is 0.238. The molecule has 1 N–H and O–H groups in total. The van der Waals surface area contributed by atoms with Gasteiger partial charge in [-0.25, -0.2) is 4.39 Å². The molecule has 2 aromatic carbocycles. The summed E-state index contributed by atoms with van der Waals surface area (Å²) in [4.78, 5) is 3.75. The Balaban J connectivity index is 1.56. The van der Waals surface area contributed by atoms with Gasteiger partial charge in [0.2, 0.25) is 6.79 Å². The third kappa shape index (κ3) is 3.15. The first kappa shape index (κ1) is 16.6. The summed E-state index contributed by atoms with van der Waals surface area (Å²) in [6.07, 6.45) is 2.70. The molecule has 0 saturated carbocycles. The molecule has 4 nitrogen and oxygen atoms in total. The third-order valence-corrected chi connectivity index (χ3v) is 4.71. The molecule has 4 rings (SSSR count). The molecule has 1 aliphatic heterocycles. The van der Waals surface area contributed by atoms with E-state index in [1.807, 2.05) is 36.4 Å². The molecule has 26 heavy (non-hydrogen) atoms. The zero-order valence-electron chi connectivity index (χ0n) is 13.6. The van der Waals surface area contributed by atoms with Gasteiger partial charge in [-0.1, -0.05) is 34.6 Å². The highest BCUT2D eigenvalue weighted by atomic mass is 79.9. The summed E-state index contributed by atoms with van der Waals surface area (Å²) in [5.74, 6) is 1.05. The molecule has 0 unspecified atom stereocenters. The standard InChI is InChI=1S/C20H14BrFN2O2/c1-12(15-6-7-23-10-18(15)22)24-14-4-2-13(3-5-14)16-8-19-20(9-17(16)21)26-11-25-19/h2-10,24H,1,11H2. The number of hydrogen-bond donors (Lipinski definition) is 1. The van der Waals surface area contributed by atoms with Gasteiger partial charge in [0, 0.05) is 27.6 Å². The molecule has 0 spiro atoms. The van der Waals surface area contributed by atoms with E-state index in [0.717, 1.165) is 32.8 Å². The van der Waals surface area contributed by atoms with Gasteiger partial charge < -0.3 is 14.8 Å². The molecule has 0 saturated heterocycles. The largest absolute Gasteiger partial charge is 0.454 e. The molecule has 0 atom stereocenters. The maximum Gasteiger partial charge on any atom is 0.231 e. The molecule has 1 aromatic heterocycles. The van der Waals surface area contributed by atoms with Gasteiger partial charge in [-0.15, -0.1) is 0 Å². The molecule has 0 radical (unpaired) electrons. The fraction of sp³-hybridized carbons (Fsp3) is 0.0500. The van der Waals surface area contributed by atoms with Crippen molar-refractivity contribution in [2.45, 2.75) is 0 Å². The Bertz CT molecular complexity index is 990. The number of pyridine rings is 1. The van der Waals surface area contributed by atoms with Crippen molar-refractivity contribution in [2.75, 3.05) is 12.1 Å². The zero-order chi connectivity index (χ0) is 18.1. The smallest absolute Gasteiger partial charge is 0.231 e. The maximum absolute atomic E-state index is 13.8. The first-order valence-electron chi connectivity index (χ1n) is 7.87. The number of halogens is 2. The lowest BCUT2D eigenvalue weighted by Crippen LogP contribution is -2.00. The topological polar surface area (TPSA) is 43.4 Å². The number of nitrogens with zero attached hydrogens (tertiary/aromatic N) is 1. The maximum atomic E-state index is 13.8. The summed E-state index contributed by atoms with van der Waals surface area (Å²) < 4.78 is 25.5. The zero-order valence-corrected chi connectivity index (χ0v) is 15.2. The van der Waals surface area contributed by atoms with E-state index in [9.17, 15) is 4.39 Å². The van der Waals surface area contributed by atoms with Crippen LogP contribution in [0, 0.1) is 5.82 Å². The monoisotopic (exact) mass is 412 g/mol. The van der Waals surface area contributed by atoms with Crippen LogP contribution in [0.2, 0.25) is 0 Å². The van der Waals surface area contributed by atoms with Crippen molar-refractivity contribution in [2.24, 2.45) is 0 Å². The average molecular weight is 413 g/mol. The van der Waals surface area contributed by atoms with Crippen LogP contribution in [-0.4, -0.2) is 11.8 Å². The van der Waals surface area contributed by atoms with Gasteiger partial charge in [-0.2, -0.15) is 0 Å². The fourth-order valence-electron chi connectivity index (χ4n) is 2.73. The summed E-state index contributed by atoms with van der Waals surface area (Å²) in [5, 5.41) is 3.12. The Hall–Kier alpha value is -2.86. The molecular formula is C20H14BrFN2O2. The van der Waals surface area contributed by atoms with Crippen molar-refractivity contribution < 1.29 is 13.9 Å². The van der Waals surface area contributed by atoms with Crippen molar-refractivity contribution in [1.29, 1.82) is 0 Å². The van der Waals surface area contributed by atoms with Crippen molar-refractivity contribution >= 4 is 27.3 Å². The summed E-state index contributed by atoms with van der Waals surface area (Å²) in [6.45, 7) is 4.14. The van der Waals surface area contributed by atoms with Gasteiger partial charge in [-0.3, -0.25) is 4.98 Å². The van der Waals surface area contributed by atoms with Crippen LogP contribution in [0.1, 0.15) is 5.56 Å². The van der Waals surface area contributed by atoms with E-state index >= 15 is 0 Å². The summed E-state index contributed by atoms with van der Waals surface area (Å²) in [6, 6.07) is 13.2. The first-order chi connectivity index (χ1) is 12.6. The molecule has 0 fully saturated rings. The Morgan fingerprint density at radius 3 is 2.58 bits per heavy atom. The number of hydrogen-bond acceptors (Lipinski definition) is 4. The van der Waals surface area contributed by atoms with Crippen LogP contribution in [-0.2, 0) is 0 Å². The first-order valence-corrected chi connectivity index (χ1v) is 8.66. The highest BCUT2D eigenvalue weighted by Gasteiger charge is 2.17. The number of fused-ring (bicyclic) bond motifs is 1. The van der Waals surface area contributed by atoms with Crippen LogP contribution in [0.4, 0.5) is 10.1 Å². The van der Waals surface area contributed by atoms with Crippen LogP contribution >= 0.6 is 15.9 Å². The Labute approximate surface area is 158 Å². The number of benzene rings is 2. The second-order valence-electron chi connectivity index (χ2n) is 5.72. The number of anilines is 1. The van der Waals surface area contributed by atoms with E-state index in [4.69, 9.17) is 9.47 Å².